The van der Waals surface area contributed by atoms with Gasteiger partial charge in [-0.15, -0.1) is 0 Å². The SMILES string of the molecule is CCN(CC)S(=O)(=O)CC(=O)NC1(c2ccccc2F)CC1. The minimum atomic E-state index is -3.63. The predicted molar refractivity (Wildman–Crippen MR) is 82.2 cm³/mol. The van der Waals surface area contributed by atoms with Gasteiger partial charge in [0.2, 0.25) is 15.9 Å². The quantitative estimate of drug-likeness (QED) is 0.827. The zero-order chi connectivity index (χ0) is 16.4. The van der Waals surface area contributed by atoms with Gasteiger partial charge in [-0.05, 0) is 18.9 Å². The molecule has 1 fully saturated rings. The van der Waals surface area contributed by atoms with E-state index in [9.17, 15) is 17.6 Å². The average molecular weight is 328 g/mol. The maximum atomic E-state index is 13.9. The van der Waals surface area contributed by atoms with Crippen molar-refractivity contribution in [3.05, 3.63) is 35.6 Å². The summed E-state index contributed by atoms with van der Waals surface area (Å²) in [4.78, 5) is 12.1. The van der Waals surface area contributed by atoms with Gasteiger partial charge >= 0.3 is 0 Å². The Morgan fingerprint density at radius 1 is 1.27 bits per heavy atom. The van der Waals surface area contributed by atoms with Crippen molar-refractivity contribution in [1.29, 1.82) is 0 Å². The van der Waals surface area contributed by atoms with E-state index in [1.54, 1.807) is 32.0 Å². The summed E-state index contributed by atoms with van der Waals surface area (Å²) >= 11 is 0. The Balaban J connectivity index is 2.09. The first kappa shape index (κ1) is 16.9. The number of amides is 1. The second-order valence-corrected chi connectivity index (χ2v) is 7.42. The molecule has 0 unspecified atom stereocenters. The van der Waals surface area contributed by atoms with Crippen LogP contribution in [0.5, 0.6) is 0 Å². The van der Waals surface area contributed by atoms with Crippen LogP contribution in [0.3, 0.4) is 0 Å². The Kier molecular flexibility index (Phi) is 4.87. The molecule has 0 radical (unpaired) electrons. The molecule has 0 aromatic heterocycles. The molecule has 122 valence electrons. The van der Waals surface area contributed by atoms with Crippen molar-refractivity contribution in [2.45, 2.75) is 32.2 Å². The van der Waals surface area contributed by atoms with E-state index in [-0.39, 0.29) is 5.82 Å². The summed E-state index contributed by atoms with van der Waals surface area (Å²) in [6.07, 6.45) is 1.23. The van der Waals surface area contributed by atoms with Crippen LogP contribution >= 0.6 is 0 Å². The van der Waals surface area contributed by atoms with Crippen molar-refractivity contribution in [3.63, 3.8) is 0 Å². The fourth-order valence-corrected chi connectivity index (χ4v) is 3.99. The number of carbonyl (C=O) groups is 1. The third-order valence-corrected chi connectivity index (χ3v) is 5.86. The van der Waals surface area contributed by atoms with Crippen molar-refractivity contribution in [2.24, 2.45) is 0 Å². The van der Waals surface area contributed by atoms with Crippen molar-refractivity contribution < 1.29 is 17.6 Å². The molecule has 1 N–H and O–H groups in total. The van der Waals surface area contributed by atoms with Gasteiger partial charge in [-0.2, -0.15) is 0 Å². The van der Waals surface area contributed by atoms with E-state index in [1.165, 1.54) is 10.4 Å². The average Bonchev–Trinajstić information content (AvgIpc) is 3.19. The highest BCUT2D eigenvalue weighted by molar-refractivity contribution is 7.89. The van der Waals surface area contributed by atoms with Crippen LogP contribution in [0.1, 0.15) is 32.3 Å². The highest BCUT2D eigenvalue weighted by atomic mass is 32.2. The largest absolute Gasteiger partial charge is 0.346 e. The Bertz CT molecular complexity index is 653. The topological polar surface area (TPSA) is 66.5 Å². The Morgan fingerprint density at radius 3 is 2.36 bits per heavy atom. The van der Waals surface area contributed by atoms with Gasteiger partial charge in [0.15, 0.2) is 0 Å². The predicted octanol–water partition coefficient (Wildman–Crippen LogP) is 1.60. The molecule has 1 aliphatic carbocycles. The zero-order valence-corrected chi connectivity index (χ0v) is 13.6. The van der Waals surface area contributed by atoms with E-state index in [0.29, 0.717) is 31.5 Å². The van der Waals surface area contributed by atoms with Crippen molar-refractivity contribution >= 4 is 15.9 Å². The maximum absolute atomic E-state index is 13.9. The third-order valence-electron chi connectivity index (χ3n) is 3.93. The molecule has 1 aromatic carbocycles. The van der Waals surface area contributed by atoms with Crippen LogP contribution in [0, 0.1) is 5.82 Å². The summed E-state index contributed by atoms with van der Waals surface area (Å²) in [6, 6.07) is 6.26. The molecule has 1 aliphatic rings. The Hall–Kier alpha value is -1.47. The minimum Gasteiger partial charge on any atom is -0.346 e. The number of nitrogens with zero attached hydrogens (tertiary/aromatic N) is 1. The van der Waals surface area contributed by atoms with Crippen LogP contribution in [-0.4, -0.2) is 37.5 Å². The molecule has 0 atom stereocenters. The van der Waals surface area contributed by atoms with E-state index in [0.717, 1.165) is 0 Å². The molecule has 1 saturated carbocycles. The number of rotatable bonds is 7. The number of carbonyl (C=O) groups excluding carboxylic acids is 1. The zero-order valence-electron chi connectivity index (χ0n) is 12.8. The fraction of sp³-hybridized carbons (Fsp3) is 0.533. The van der Waals surface area contributed by atoms with Crippen LogP contribution in [0.15, 0.2) is 24.3 Å². The monoisotopic (exact) mass is 328 g/mol. The van der Waals surface area contributed by atoms with E-state index in [2.05, 4.69) is 5.32 Å². The molecule has 0 aliphatic heterocycles. The molecular weight excluding hydrogens is 307 g/mol. The van der Waals surface area contributed by atoms with Gasteiger partial charge in [0, 0.05) is 18.7 Å². The summed E-state index contributed by atoms with van der Waals surface area (Å²) in [5.41, 5.74) is -0.329. The molecule has 0 heterocycles. The summed E-state index contributed by atoms with van der Waals surface area (Å²) in [6.45, 7) is 4.09. The molecule has 0 saturated heterocycles. The number of sulfonamides is 1. The second-order valence-electron chi connectivity index (χ2n) is 5.45. The highest BCUT2D eigenvalue weighted by Gasteiger charge is 2.47. The summed E-state index contributed by atoms with van der Waals surface area (Å²) in [7, 11) is -3.63. The smallest absolute Gasteiger partial charge is 0.237 e. The van der Waals surface area contributed by atoms with Crippen LogP contribution in [-0.2, 0) is 20.4 Å². The number of benzene rings is 1. The van der Waals surface area contributed by atoms with Crippen molar-refractivity contribution in [3.8, 4) is 0 Å². The van der Waals surface area contributed by atoms with E-state index < -0.39 is 27.2 Å². The van der Waals surface area contributed by atoms with Gasteiger partial charge in [0.25, 0.3) is 0 Å². The highest BCUT2D eigenvalue weighted by Crippen LogP contribution is 2.46. The van der Waals surface area contributed by atoms with E-state index in [4.69, 9.17) is 0 Å². The van der Waals surface area contributed by atoms with Crippen LogP contribution in [0.4, 0.5) is 4.39 Å². The molecule has 1 aromatic rings. The van der Waals surface area contributed by atoms with Crippen LogP contribution in [0.25, 0.3) is 0 Å². The molecular formula is C15H21FN2O3S. The molecule has 7 heteroatoms. The van der Waals surface area contributed by atoms with Gasteiger partial charge < -0.3 is 5.32 Å². The maximum Gasteiger partial charge on any atom is 0.237 e. The number of halogens is 1. The Morgan fingerprint density at radius 2 is 1.86 bits per heavy atom. The summed E-state index contributed by atoms with van der Waals surface area (Å²) in [5, 5.41) is 2.70. The van der Waals surface area contributed by atoms with Crippen LogP contribution < -0.4 is 5.32 Å². The number of hydrogen-bond donors (Lipinski definition) is 1. The Labute approximate surface area is 130 Å². The molecule has 2 rings (SSSR count). The van der Waals surface area contributed by atoms with Crippen molar-refractivity contribution in [2.75, 3.05) is 18.8 Å². The standard InChI is InChI=1S/C15H21FN2O3S/c1-3-18(4-2)22(20,21)11-14(19)17-15(9-10-15)12-7-5-6-8-13(12)16/h5-8H,3-4,9-11H2,1-2H3,(H,17,19). The lowest BCUT2D eigenvalue weighted by Crippen LogP contribution is -2.43. The normalized spacial score (nSPS) is 16.5. The molecule has 22 heavy (non-hydrogen) atoms. The first-order valence-corrected chi connectivity index (χ1v) is 8.99. The van der Waals surface area contributed by atoms with Gasteiger partial charge in [-0.25, -0.2) is 17.1 Å². The molecule has 5 nitrogen and oxygen atoms in total. The van der Waals surface area contributed by atoms with Crippen LogP contribution in [0.2, 0.25) is 0 Å². The lowest BCUT2D eigenvalue weighted by Gasteiger charge is -2.21. The van der Waals surface area contributed by atoms with Gasteiger partial charge in [0.1, 0.15) is 11.6 Å². The molecule has 0 spiro atoms. The summed E-state index contributed by atoms with van der Waals surface area (Å²) < 4.78 is 39.3. The summed E-state index contributed by atoms with van der Waals surface area (Å²) in [5.74, 6) is -1.58. The number of hydrogen-bond acceptors (Lipinski definition) is 3. The lowest BCUT2D eigenvalue weighted by molar-refractivity contribution is -0.119. The minimum absolute atomic E-state index is 0.324. The van der Waals surface area contributed by atoms with E-state index in [1.807, 2.05) is 0 Å². The molecule has 1 amide bonds. The first-order chi connectivity index (χ1) is 10.3. The van der Waals surface area contributed by atoms with Gasteiger partial charge in [0.05, 0.1) is 5.54 Å². The molecule has 0 bridgehead atoms. The van der Waals surface area contributed by atoms with Gasteiger partial charge in [-0.1, -0.05) is 32.0 Å². The second kappa shape index (κ2) is 6.34. The van der Waals surface area contributed by atoms with E-state index >= 15 is 0 Å². The van der Waals surface area contributed by atoms with Gasteiger partial charge in [-0.3, -0.25) is 4.79 Å². The van der Waals surface area contributed by atoms with Crippen molar-refractivity contribution in [1.82, 2.24) is 9.62 Å². The first-order valence-electron chi connectivity index (χ1n) is 7.38. The third kappa shape index (κ3) is 3.47. The lowest BCUT2D eigenvalue weighted by atomic mass is 10.0. The number of nitrogens with one attached hydrogen (secondary N) is 1. The fourth-order valence-electron chi connectivity index (χ4n) is 2.61.